The molecule has 0 amide bonds. The molecular weight excluding hydrogens is 238 g/mol. The molecule has 100 valence electrons. The Hall–Kier alpha value is -1.67. The molecule has 0 aromatic carbocycles. The Labute approximate surface area is 104 Å². The Bertz CT molecular complexity index is 447. The summed E-state index contributed by atoms with van der Waals surface area (Å²) >= 11 is 0. The van der Waals surface area contributed by atoms with Crippen LogP contribution in [0.1, 0.15) is 12.8 Å². The molecule has 1 aromatic rings. The summed E-state index contributed by atoms with van der Waals surface area (Å²) in [4.78, 5) is 12.3. The smallest absolute Gasteiger partial charge is 0.331 e. The van der Waals surface area contributed by atoms with Crippen molar-refractivity contribution in [1.82, 2.24) is 9.78 Å². The molecule has 3 N–H and O–H groups in total. The molecule has 8 nitrogen and oxygen atoms in total. The van der Waals surface area contributed by atoms with Crippen LogP contribution in [0.25, 0.3) is 0 Å². The van der Waals surface area contributed by atoms with E-state index in [1.165, 1.54) is 10.9 Å². The summed E-state index contributed by atoms with van der Waals surface area (Å²) in [6.45, 7) is 0.923. The fraction of sp³-hybridized carbons (Fsp3) is 0.700. The van der Waals surface area contributed by atoms with Crippen LogP contribution < -0.4 is 10.6 Å². The second-order valence-electron chi connectivity index (χ2n) is 4.62. The van der Waals surface area contributed by atoms with Gasteiger partial charge in [0.2, 0.25) is 5.82 Å². The van der Waals surface area contributed by atoms with Crippen molar-refractivity contribution < 1.29 is 10.0 Å². The van der Waals surface area contributed by atoms with Crippen LogP contribution in [0.5, 0.6) is 0 Å². The van der Waals surface area contributed by atoms with E-state index in [-0.39, 0.29) is 11.7 Å². The summed E-state index contributed by atoms with van der Waals surface area (Å²) in [5, 5.41) is 24.7. The van der Waals surface area contributed by atoms with Crippen molar-refractivity contribution in [2.24, 2.45) is 12.8 Å². The van der Waals surface area contributed by atoms with Gasteiger partial charge in [0.15, 0.2) is 0 Å². The summed E-state index contributed by atoms with van der Waals surface area (Å²) in [7, 11) is 1.65. The first-order valence-corrected chi connectivity index (χ1v) is 5.84. The molecule has 0 saturated carbocycles. The van der Waals surface area contributed by atoms with Gasteiger partial charge in [0.25, 0.3) is 0 Å². The maximum Gasteiger partial charge on any atom is 0.331 e. The number of nitro groups is 1. The number of nitrogens with zero attached hydrogens (tertiary/aromatic N) is 4. The lowest BCUT2D eigenvalue weighted by Crippen LogP contribution is -2.32. The Balaban J connectivity index is 2.30. The summed E-state index contributed by atoms with van der Waals surface area (Å²) < 4.78 is 1.46. The highest BCUT2D eigenvalue weighted by atomic mass is 16.6. The van der Waals surface area contributed by atoms with E-state index >= 15 is 0 Å². The van der Waals surface area contributed by atoms with Crippen LogP contribution in [0.3, 0.4) is 0 Å². The van der Waals surface area contributed by atoms with Gasteiger partial charge in [-0.2, -0.15) is 5.10 Å². The van der Waals surface area contributed by atoms with Gasteiger partial charge < -0.3 is 15.7 Å². The summed E-state index contributed by atoms with van der Waals surface area (Å²) in [6, 6.07) is -0.0720. The van der Waals surface area contributed by atoms with Crippen molar-refractivity contribution in [3.63, 3.8) is 0 Å². The monoisotopic (exact) mass is 255 g/mol. The van der Waals surface area contributed by atoms with Crippen molar-refractivity contribution in [1.29, 1.82) is 0 Å². The SMILES string of the molecule is Cn1ncc([N+](=O)[O-])c1N1CC[C@H](N)C[C@@H](O)C1. The minimum absolute atomic E-state index is 0.0415. The molecule has 0 spiro atoms. The lowest BCUT2D eigenvalue weighted by molar-refractivity contribution is -0.384. The van der Waals surface area contributed by atoms with Crippen LogP contribution in [0.4, 0.5) is 11.5 Å². The first-order valence-electron chi connectivity index (χ1n) is 5.84. The normalized spacial score (nSPS) is 24.9. The highest BCUT2D eigenvalue weighted by molar-refractivity contribution is 5.57. The van der Waals surface area contributed by atoms with Crippen molar-refractivity contribution in [3.05, 3.63) is 16.3 Å². The van der Waals surface area contributed by atoms with E-state index in [1.807, 2.05) is 0 Å². The quantitative estimate of drug-likeness (QED) is 0.550. The Morgan fingerprint density at radius 3 is 3.06 bits per heavy atom. The van der Waals surface area contributed by atoms with Gasteiger partial charge in [-0.1, -0.05) is 0 Å². The average molecular weight is 255 g/mol. The molecule has 2 heterocycles. The molecule has 2 atom stereocenters. The minimum atomic E-state index is -0.572. The Kier molecular flexibility index (Phi) is 3.48. The van der Waals surface area contributed by atoms with E-state index < -0.39 is 11.0 Å². The predicted molar refractivity (Wildman–Crippen MR) is 65.3 cm³/mol. The van der Waals surface area contributed by atoms with Crippen LogP contribution in [-0.2, 0) is 7.05 Å². The lowest BCUT2D eigenvalue weighted by Gasteiger charge is -2.23. The summed E-state index contributed by atoms with van der Waals surface area (Å²) in [5.74, 6) is 0.424. The topological polar surface area (TPSA) is 110 Å². The molecule has 0 unspecified atom stereocenters. The number of hydrogen-bond donors (Lipinski definition) is 2. The minimum Gasteiger partial charge on any atom is -0.391 e. The predicted octanol–water partition coefficient (Wildman–Crippen LogP) is -0.383. The van der Waals surface area contributed by atoms with Crippen LogP contribution in [-0.4, -0.2) is 45.0 Å². The fourth-order valence-corrected chi connectivity index (χ4v) is 2.32. The van der Waals surface area contributed by atoms with E-state index in [0.717, 1.165) is 0 Å². The molecule has 8 heteroatoms. The van der Waals surface area contributed by atoms with Crippen LogP contribution in [0, 0.1) is 10.1 Å². The van der Waals surface area contributed by atoms with Gasteiger partial charge in [-0.05, 0) is 12.8 Å². The van der Waals surface area contributed by atoms with E-state index in [9.17, 15) is 15.2 Å². The number of rotatable bonds is 2. The van der Waals surface area contributed by atoms with Crippen molar-refractivity contribution in [2.75, 3.05) is 18.0 Å². The number of β-amino-alcohol motifs (C(OH)–C–C–N with tert-alkyl or cyclic N) is 1. The average Bonchev–Trinajstić information content (AvgIpc) is 2.58. The first kappa shape index (κ1) is 12.8. The number of aryl methyl sites for hydroxylation is 1. The van der Waals surface area contributed by atoms with Crippen molar-refractivity contribution in [3.8, 4) is 0 Å². The standard InChI is InChI=1S/C10H17N5O3/c1-13-10(9(5-12-13)15(17)18)14-3-2-7(11)4-8(16)6-14/h5,7-8,16H,2-4,6,11H2,1H3/t7-,8+/m0/s1. The van der Waals surface area contributed by atoms with Gasteiger partial charge >= 0.3 is 5.69 Å². The fourth-order valence-electron chi connectivity index (χ4n) is 2.32. The zero-order chi connectivity index (χ0) is 13.3. The van der Waals surface area contributed by atoms with Gasteiger partial charge in [0, 0.05) is 26.2 Å². The van der Waals surface area contributed by atoms with E-state index in [4.69, 9.17) is 5.73 Å². The maximum absolute atomic E-state index is 10.9. The van der Waals surface area contributed by atoms with Crippen LogP contribution in [0.2, 0.25) is 0 Å². The Morgan fingerprint density at radius 1 is 1.67 bits per heavy atom. The number of aromatic nitrogens is 2. The molecule has 1 fully saturated rings. The van der Waals surface area contributed by atoms with Crippen LogP contribution >= 0.6 is 0 Å². The third-order valence-electron chi connectivity index (χ3n) is 3.16. The molecular formula is C10H17N5O3. The first-order chi connectivity index (χ1) is 8.49. The zero-order valence-electron chi connectivity index (χ0n) is 10.2. The van der Waals surface area contributed by atoms with Gasteiger partial charge in [-0.15, -0.1) is 0 Å². The molecule has 1 aromatic heterocycles. The second-order valence-corrected chi connectivity index (χ2v) is 4.62. The summed E-state index contributed by atoms with van der Waals surface area (Å²) in [5.41, 5.74) is 5.79. The number of aliphatic hydroxyl groups excluding tert-OH is 1. The molecule has 0 aliphatic carbocycles. The molecule has 0 bridgehead atoms. The molecule has 1 aliphatic rings. The molecule has 1 aliphatic heterocycles. The summed E-state index contributed by atoms with van der Waals surface area (Å²) in [6.07, 6.45) is 1.87. The zero-order valence-corrected chi connectivity index (χ0v) is 10.2. The highest BCUT2D eigenvalue weighted by Gasteiger charge is 2.28. The largest absolute Gasteiger partial charge is 0.391 e. The van der Waals surface area contributed by atoms with Gasteiger partial charge in [-0.3, -0.25) is 10.1 Å². The number of aliphatic hydroxyl groups is 1. The molecule has 18 heavy (non-hydrogen) atoms. The third-order valence-corrected chi connectivity index (χ3v) is 3.16. The van der Waals surface area contributed by atoms with Crippen LogP contribution in [0.15, 0.2) is 6.20 Å². The van der Waals surface area contributed by atoms with E-state index in [2.05, 4.69) is 5.10 Å². The molecule has 2 rings (SSSR count). The number of hydrogen-bond acceptors (Lipinski definition) is 6. The van der Waals surface area contributed by atoms with E-state index in [0.29, 0.717) is 31.7 Å². The Morgan fingerprint density at radius 2 is 2.39 bits per heavy atom. The van der Waals surface area contributed by atoms with Crippen molar-refractivity contribution >= 4 is 11.5 Å². The number of nitrogens with two attached hydrogens (primary N) is 1. The van der Waals surface area contributed by atoms with E-state index in [1.54, 1.807) is 11.9 Å². The van der Waals surface area contributed by atoms with Gasteiger partial charge in [0.1, 0.15) is 6.20 Å². The highest BCUT2D eigenvalue weighted by Crippen LogP contribution is 2.28. The molecule has 1 saturated heterocycles. The molecule has 0 radical (unpaired) electrons. The maximum atomic E-state index is 10.9. The third kappa shape index (κ3) is 2.44. The lowest BCUT2D eigenvalue weighted by atomic mass is 10.1. The van der Waals surface area contributed by atoms with Gasteiger partial charge in [0.05, 0.1) is 11.0 Å². The van der Waals surface area contributed by atoms with Gasteiger partial charge in [-0.25, -0.2) is 4.68 Å². The van der Waals surface area contributed by atoms with Crippen molar-refractivity contribution in [2.45, 2.75) is 25.0 Å². The second kappa shape index (κ2) is 4.91. The number of anilines is 1.